The van der Waals surface area contributed by atoms with Crippen molar-refractivity contribution in [2.45, 2.75) is 23.8 Å². The molecule has 1 heterocycles. The maximum Gasteiger partial charge on any atom is 0.335 e. The van der Waals surface area contributed by atoms with E-state index in [1.165, 1.54) is 36.5 Å². The molecule has 2 N–H and O–H groups in total. The molecule has 6 nitrogen and oxygen atoms in total. The van der Waals surface area contributed by atoms with Gasteiger partial charge >= 0.3 is 5.97 Å². The Kier molecular flexibility index (Phi) is 5.03. The van der Waals surface area contributed by atoms with Crippen LogP contribution < -0.4 is 5.32 Å². The summed E-state index contributed by atoms with van der Waals surface area (Å²) >= 11 is 1.17. The normalized spacial score (nSPS) is 11.5. The van der Waals surface area contributed by atoms with Crippen LogP contribution in [0.25, 0.3) is 10.1 Å². The van der Waals surface area contributed by atoms with Crippen molar-refractivity contribution in [1.29, 1.82) is 0 Å². The molecule has 8 heteroatoms. The summed E-state index contributed by atoms with van der Waals surface area (Å²) in [5, 5.41) is 12.5. The number of amides is 1. The molecule has 0 spiro atoms. The number of carboxylic acid groups (broad SMARTS) is 1. The standard InChI is InChI=1S/C19H17NO5S2/c1-11-16-9-15(20-12(2)21)6-7-17(16)26-19(11)27(24,25)10-13-4-3-5-14(8-13)18(22)23/h3-9H,10H2,1-2H3,(H,20,21)(H,22,23). The smallest absolute Gasteiger partial charge is 0.335 e. The van der Waals surface area contributed by atoms with Gasteiger partial charge in [-0.15, -0.1) is 11.3 Å². The maximum atomic E-state index is 12.9. The van der Waals surface area contributed by atoms with Crippen LogP contribution in [0.3, 0.4) is 0 Å². The molecule has 3 rings (SSSR count). The van der Waals surface area contributed by atoms with Gasteiger partial charge in [-0.2, -0.15) is 0 Å². The topological polar surface area (TPSA) is 101 Å². The average Bonchev–Trinajstić information content (AvgIpc) is 2.92. The molecule has 0 aliphatic carbocycles. The molecule has 0 unspecified atom stereocenters. The van der Waals surface area contributed by atoms with Crippen LogP contribution in [0.15, 0.2) is 46.7 Å². The van der Waals surface area contributed by atoms with Crippen LogP contribution in [0, 0.1) is 6.92 Å². The molecule has 0 fully saturated rings. The Morgan fingerprint density at radius 1 is 1.15 bits per heavy atom. The van der Waals surface area contributed by atoms with E-state index in [1.807, 2.05) is 0 Å². The molecule has 27 heavy (non-hydrogen) atoms. The number of fused-ring (bicyclic) bond motifs is 1. The number of rotatable bonds is 5. The number of aryl methyl sites for hydroxylation is 1. The lowest BCUT2D eigenvalue weighted by Crippen LogP contribution is -2.06. The molecular formula is C19H17NO5S2. The third-order valence-corrected chi connectivity index (χ3v) is 7.69. The Hall–Kier alpha value is -2.71. The minimum Gasteiger partial charge on any atom is -0.478 e. The van der Waals surface area contributed by atoms with E-state index in [2.05, 4.69) is 5.32 Å². The number of anilines is 1. The van der Waals surface area contributed by atoms with E-state index in [0.29, 0.717) is 16.8 Å². The second-order valence-corrected chi connectivity index (χ2v) is 9.41. The zero-order valence-corrected chi connectivity index (χ0v) is 16.3. The molecule has 0 aliphatic rings. The first-order chi connectivity index (χ1) is 12.7. The SMILES string of the molecule is CC(=O)Nc1ccc2sc(S(=O)(=O)Cc3cccc(C(=O)O)c3)c(C)c2c1. The van der Waals surface area contributed by atoms with E-state index in [4.69, 9.17) is 5.11 Å². The number of aromatic carboxylic acids is 1. The van der Waals surface area contributed by atoms with Crippen LogP contribution in [0.4, 0.5) is 5.69 Å². The number of carboxylic acids is 1. The van der Waals surface area contributed by atoms with Crippen LogP contribution in [0.5, 0.6) is 0 Å². The van der Waals surface area contributed by atoms with Crippen LogP contribution in [-0.4, -0.2) is 25.4 Å². The molecular weight excluding hydrogens is 386 g/mol. The van der Waals surface area contributed by atoms with Gasteiger partial charge in [-0.3, -0.25) is 4.79 Å². The summed E-state index contributed by atoms with van der Waals surface area (Å²) in [5.74, 6) is -1.58. The van der Waals surface area contributed by atoms with Crippen LogP contribution in [0.2, 0.25) is 0 Å². The summed E-state index contributed by atoms with van der Waals surface area (Å²) < 4.78 is 26.9. The fourth-order valence-electron chi connectivity index (χ4n) is 2.86. The zero-order valence-electron chi connectivity index (χ0n) is 14.6. The van der Waals surface area contributed by atoms with E-state index in [9.17, 15) is 18.0 Å². The van der Waals surface area contributed by atoms with Gasteiger partial charge in [0, 0.05) is 17.3 Å². The predicted molar refractivity (Wildman–Crippen MR) is 105 cm³/mol. The molecule has 0 bridgehead atoms. The number of sulfone groups is 1. The van der Waals surface area contributed by atoms with Gasteiger partial charge in [0.05, 0.1) is 11.3 Å². The third-order valence-electron chi connectivity index (χ3n) is 4.03. The molecule has 0 saturated heterocycles. The minimum absolute atomic E-state index is 0.0516. The monoisotopic (exact) mass is 403 g/mol. The summed E-state index contributed by atoms with van der Waals surface area (Å²) in [6, 6.07) is 11.2. The number of benzene rings is 2. The molecule has 0 radical (unpaired) electrons. The van der Waals surface area contributed by atoms with Gasteiger partial charge in [0.15, 0.2) is 9.84 Å². The van der Waals surface area contributed by atoms with Crippen LogP contribution in [0.1, 0.15) is 28.4 Å². The lowest BCUT2D eigenvalue weighted by atomic mass is 10.1. The lowest BCUT2D eigenvalue weighted by molar-refractivity contribution is -0.114. The number of thiophene rings is 1. The third kappa shape index (κ3) is 4.01. The van der Waals surface area contributed by atoms with E-state index in [0.717, 1.165) is 10.1 Å². The van der Waals surface area contributed by atoms with Crippen molar-refractivity contribution >= 4 is 48.8 Å². The highest BCUT2D eigenvalue weighted by Gasteiger charge is 2.23. The fraction of sp³-hybridized carbons (Fsp3) is 0.158. The highest BCUT2D eigenvalue weighted by molar-refractivity contribution is 7.93. The van der Waals surface area contributed by atoms with Crippen LogP contribution >= 0.6 is 11.3 Å². The van der Waals surface area contributed by atoms with Gasteiger partial charge < -0.3 is 10.4 Å². The Balaban J connectivity index is 2.00. The molecule has 0 aliphatic heterocycles. The first kappa shape index (κ1) is 19.1. The van der Waals surface area contributed by atoms with E-state index in [1.54, 1.807) is 31.2 Å². The Morgan fingerprint density at radius 3 is 2.56 bits per heavy atom. The van der Waals surface area contributed by atoms with E-state index >= 15 is 0 Å². The van der Waals surface area contributed by atoms with Crippen LogP contribution in [-0.2, 0) is 20.4 Å². The number of carbonyl (C=O) groups excluding carboxylic acids is 1. The van der Waals surface area contributed by atoms with Crippen molar-refractivity contribution < 1.29 is 23.1 Å². The summed E-state index contributed by atoms with van der Waals surface area (Å²) in [6.07, 6.45) is 0. The second-order valence-electron chi connectivity index (χ2n) is 6.17. The fourth-order valence-corrected chi connectivity index (χ4v) is 6.06. The Labute approximate surface area is 160 Å². The van der Waals surface area contributed by atoms with Crippen molar-refractivity contribution in [2.75, 3.05) is 5.32 Å². The summed E-state index contributed by atoms with van der Waals surface area (Å²) in [6.45, 7) is 3.14. The summed E-state index contributed by atoms with van der Waals surface area (Å²) in [4.78, 5) is 22.3. The number of hydrogen-bond acceptors (Lipinski definition) is 5. The predicted octanol–water partition coefficient (Wildman–Crippen LogP) is 3.84. The largest absolute Gasteiger partial charge is 0.478 e. The van der Waals surface area contributed by atoms with E-state index < -0.39 is 15.8 Å². The first-order valence-electron chi connectivity index (χ1n) is 8.03. The maximum absolute atomic E-state index is 12.9. The number of carbonyl (C=O) groups is 2. The van der Waals surface area contributed by atoms with Gasteiger partial charge in [0.25, 0.3) is 0 Å². The van der Waals surface area contributed by atoms with Gasteiger partial charge in [0.1, 0.15) is 4.21 Å². The Morgan fingerprint density at radius 2 is 1.89 bits per heavy atom. The number of hydrogen-bond donors (Lipinski definition) is 2. The Bertz CT molecular complexity index is 1160. The van der Waals surface area contributed by atoms with Crippen molar-refractivity contribution in [3.63, 3.8) is 0 Å². The van der Waals surface area contributed by atoms with Crippen molar-refractivity contribution in [1.82, 2.24) is 0 Å². The molecule has 0 saturated carbocycles. The van der Waals surface area contributed by atoms with Crippen molar-refractivity contribution in [3.05, 3.63) is 59.2 Å². The summed E-state index contributed by atoms with van der Waals surface area (Å²) in [5.41, 5.74) is 1.70. The quantitative estimate of drug-likeness (QED) is 0.674. The average molecular weight is 403 g/mol. The molecule has 140 valence electrons. The van der Waals surface area contributed by atoms with Gasteiger partial charge in [-0.25, -0.2) is 13.2 Å². The van der Waals surface area contributed by atoms with Gasteiger partial charge in [-0.1, -0.05) is 12.1 Å². The molecule has 3 aromatic rings. The van der Waals surface area contributed by atoms with Crippen molar-refractivity contribution in [3.8, 4) is 0 Å². The summed E-state index contributed by atoms with van der Waals surface area (Å²) in [7, 11) is -3.65. The van der Waals surface area contributed by atoms with Gasteiger partial charge in [-0.05, 0) is 53.8 Å². The lowest BCUT2D eigenvalue weighted by Gasteiger charge is -2.05. The molecule has 1 amide bonds. The second kappa shape index (κ2) is 7.13. The highest BCUT2D eigenvalue weighted by Crippen LogP contribution is 2.37. The first-order valence-corrected chi connectivity index (χ1v) is 10.5. The van der Waals surface area contributed by atoms with Gasteiger partial charge in [0.2, 0.25) is 5.91 Å². The zero-order chi connectivity index (χ0) is 19.8. The molecule has 0 atom stereocenters. The van der Waals surface area contributed by atoms with E-state index in [-0.39, 0.29) is 21.4 Å². The minimum atomic E-state index is -3.65. The highest BCUT2D eigenvalue weighted by atomic mass is 32.2. The molecule has 1 aromatic heterocycles. The van der Waals surface area contributed by atoms with Crippen molar-refractivity contribution in [2.24, 2.45) is 0 Å². The molecule has 2 aromatic carbocycles. The number of nitrogens with one attached hydrogen (secondary N) is 1.